The van der Waals surface area contributed by atoms with Crippen molar-refractivity contribution < 1.29 is 4.52 Å². The molecule has 1 aliphatic carbocycles. The first-order valence-electron chi connectivity index (χ1n) is 6.58. The zero-order valence-corrected chi connectivity index (χ0v) is 10.4. The maximum absolute atomic E-state index is 5.21. The van der Waals surface area contributed by atoms with Gasteiger partial charge in [-0.3, -0.25) is 4.90 Å². The van der Waals surface area contributed by atoms with E-state index in [0.29, 0.717) is 6.04 Å². The second-order valence-electron chi connectivity index (χ2n) is 5.19. The zero-order valence-electron chi connectivity index (χ0n) is 10.4. The van der Waals surface area contributed by atoms with Gasteiger partial charge in [-0.2, -0.15) is 4.98 Å². The third-order valence-electron chi connectivity index (χ3n) is 3.59. The Morgan fingerprint density at radius 3 is 2.88 bits per heavy atom. The zero-order chi connectivity index (χ0) is 11.7. The lowest BCUT2D eigenvalue weighted by Crippen LogP contribution is -2.38. The molecule has 5 heteroatoms. The van der Waals surface area contributed by atoms with Crippen molar-refractivity contribution in [2.45, 2.75) is 51.2 Å². The number of hydrogen-bond acceptors (Lipinski definition) is 5. The van der Waals surface area contributed by atoms with Gasteiger partial charge in [0.1, 0.15) is 0 Å². The molecule has 0 aromatic carbocycles. The number of aryl methyl sites for hydroxylation is 1. The highest BCUT2D eigenvalue weighted by atomic mass is 16.5. The molecule has 1 aromatic heterocycles. The minimum atomic E-state index is 0.652. The van der Waals surface area contributed by atoms with Crippen molar-refractivity contribution in [3.63, 3.8) is 0 Å². The Hall–Kier alpha value is -0.940. The molecule has 2 fully saturated rings. The summed E-state index contributed by atoms with van der Waals surface area (Å²) in [4.78, 5) is 6.79. The molecule has 94 valence electrons. The van der Waals surface area contributed by atoms with Gasteiger partial charge in [0.15, 0.2) is 5.82 Å². The molecule has 2 heterocycles. The Kier molecular flexibility index (Phi) is 3.11. The van der Waals surface area contributed by atoms with Gasteiger partial charge < -0.3 is 9.84 Å². The molecule has 1 saturated heterocycles. The molecule has 5 nitrogen and oxygen atoms in total. The van der Waals surface area contributed by atoms with E-state index < -0.39 is 0 Å². The third-order valence-corrected chi connectivity index (χ3v) is 3.59. The van der Waals surface area contributed by atoms with Crippen LogP contribution in [0, 0.1) is 6.92 Å². The molecule has 17 heavy (non-hydrogen) atoms. The van der Waals surface area contributed by atoms with E-state index >= 15 is 0 Å². The van der Waals surface area contributed by atoms with Gasteiger partial charge in [-0.15, -0.1) is 0 Å². The van der Waals surface area contributed by atoms with Crippen molar-refractivity contribution in [1.82, 2.24) is 20.4 Å². The predicted molar refractivity (Wildman–Crippen MR) is 63.5 cm³/mol. The van der Waals surface area contributed by atoms with Crippen molar-refractivity contribution >= 4 is 0 Å². The number of rotatable bonds is 5. The summed E-state index contributed by atoms with van der Waals surface area (Å²) in [5, 5.41) is 7.41. The average Bonchev–Trinajstić information content (AvgIpc) is 2.89. The Labute approximate surface area is 102 Å². The summed E-state index contributed by atoms with van der Waals surface area (Å²) in [6.07, 6.45) is 5.24. The van der Waals surface area contributed by atoms with Crippen molar-refractivity contribution in [3.05, 3.63) is 11.7 Å². The second-order valence-corrected chi connectivity index (χ2v) is 5.19. The van der Waals surface area contributed by atoms with Gasteiger partial charge in [0.2, 0.25) is 5.89 Å². The van der Waals surface area contributed by atoms with Crippen molar-refractivity contribution in [1.29, 1.82) is 0 Å². The molecular formula is C12H20N4O. The second kappa shape index (κ2) is 4.74. The summed E-state index contributed by atoms with van der Waals surface area (Å²) in [5.74, 6) is 1.49. The minimum Gasteiger partial charge on any atom is -0.338 e. The van der Waals surface area contributed by atoms with Crippen LogP contribution in [0.15, 0.2) is 4.52 Å². The van der Waals surface area contributed by atoms with E-state index in [2.05, 4.69) is 20.4 Å². The first-order valence-corrected chi connectivity index (χ1v) is 6.58. The van der Waals surface area contributed by atoms with Gasteiger partial charge >= 0.3 is 0 Å². The van der Waals surface area contributed by atoms with E-state index in [1.165, 1.54) is 32.2 Å². The van der Waals surface area contributed by atoms with E-state index in [4.69, 9.17) is 4.52 Å². The van der Waals surface area contributed by atoms with Crippen LogP contribution in [0.25, 0.3) is 0 Å². The van der Waals surface area contributed by atoms with Gasteiger partial charge in [-0.1, -0.05) is 5.16 Å². The molecule has 0 bridgehead atoms. The molecule has 1 saturated carbocycles. The van der Waals surface area contributed by atoms with Crippen molar-refractivity contribution in [3.8, 4) is 0 Å². The molecule has 1 atom stereocenters. The number of aromatic nitrogens is 2. The lowest BCUT2D eigenvalue weighted by molar-refractivity contribution is 0.200. The number of nitrogens with one attached hydrogen (secondary N) is 1. The minimum absolute atomic E-state index is 0.652. The highest BCUT2D eigenvalue weighted by Gasteiger charge is 2.32. The van der Waals surface area contributed by atoms with Crippen LogP contribution in [0.1, 0.15) is 37.4 Å². The molecule has 3 rings (SSSR count). The van der Waals surface area contributed by atoms with Crippen LogP contribution in [-0.4, -0.2) is 40.2 Å². The fourth-order valence-corrected chi connectivity index (χ4v) is 2.56. The van der Waals surface area contributed by atoms with Gasteiger partial charge in [-0.05, 0) is 39.2 Å². The van der Waals surface area contributed by atoms with Gasteiger partial charge in [-0.25, -0.2) is 0 Å². The Morgan fingerprint density at radius 2 is 2.29 bits per heavy atom. The molecule has 0 amide bonds. The normalized spacial score (nSPS) is 24.7. The van der Waals surface area contributed by atoms with Crippen LogP contribution in [0.2, 0.25) is 0 Å². The molecule has 2 aliphatic rings. The van der Waals surface area contributed by atoms with Crippen LogP contribution >= 0.6 is 0 Å². The lowest BCUT2D eigenvalue weighted by atomic mass is 10.2. The van der Waals surface area contributed by atoms with Crippen LogP contribution < -0.4 is 5.32 Å². The highest BCUT2D eigenvalue weighted by Crippen LogP contribution is 2.28. The smallest absolute Gasteiger partial charge is 0.240 e. The Morgan fingerprint density at radius 1 is 1.41 bits per heavy atom. The molecular weight excluding hydrogens is 216 g/mol. The highest BCUT2D eigenvalue weighted by molar-refractivity contribution is 4.92. The summed E-state index contributed by atoms with van der Waals surface area (Å²) >= 11 is 0. The molecule has 1 N–H and O–H groups in total. The Balaban J connectivity index is 1.59. The van der Waals surface area contributed by atoms with E-state index in [0.717, 1.165) is 30.8 Å². The van der Waals surface area contributed by atoms with Crippen LogP contribution in [0.4, 0.5) is 0 Å². The SMILES string of the molecule is Cc1noc(CN(CC2CCCN2)C2CC2)n1. The van der Waals surface area contributed by atoms with Crippen molar-refractivity contribution in [2.75, 3.05) is 13.1 Å². The molecule has 0 radical (unpaired) electrons. The standard InChI is InChI=1S/C12H20N4O/c1-9-14-12(17-15-9)8-16(11-4-5-11)7-10-3-2-6-13-10/h10-11,13H,2-8H2,1H3. The number of nitrogens with zero attached hydrogens (tertiary/aromatic N) is 3. The van der Waals surface area contributed by atoms with E-state index in [1.54, 1.807) is 0 Å². The monoisotopic (exact) mass is 236 g/mol. The van der Waals surface area contributed by atoms with Crippen LogP contribution in [0.5, 0.6) is 0 Å². The summed E-state index contributed by atoms with van der Waals surface area (Å²) in [6.45, 7) is 4.96. The van der Waals surface area contributed by atoms with Gasteiger partial charge in [0, 0.05) is 18.6 Å². The summed E-state index contributed by atoms with van der Waals surface area (Å²) < 4.78 is 5.21. The predicted octanol–water partition coefficient (Wildman–Crippen LogP) is 1.09. The fourth-order valence-electron chi connectivity index (χ4n) is 2.56. The molecule has 0 spiro atoms. The van der Waals surface area contributed by atoms with Gasteiger partial charge in [0.05, 0.1) is 6.54 Å². The van der Waals surface area contributed by atoms with Crippen LogP contribution in [0.3, 0.4) is 0 Å². The van der Waals surface area contributed by atoms with Crippen molar-refractivity contribution in [2.24, 2.45) is 0 Å². The van der Waals surface area contributed by atoms with Gasteiger partial charge in [0.25, 0.3) is 0 Å². The number of hydrogen-bond donors (Lipinski definition) is 1. The summed E-state index contributed by atoms with van der Waals surface area (Å²) in [5.41, 5.74) is 0. The largest absolute Gasteiger partial charge is 0.338 e. The maximum Gasteiger partial charge on any atom is 0.240 e. The fraction of sp³-hybridized carbons (Fsp3) is 0.833. The first kappa shape index (κ1) is 11.2. The third kappa shape index (κ3) is 2.84. The summed E-state index contributed by atoms with van der Waals surface area (Å²) in [7, 11) is 0. The van der Waals surface area contributed by atoms with E-state index in [9.17, 15) is 0 Å². The van der Waals surface area contributed by atoms with Crippen LogP contribution in [-0.2, 0) is 6.54 Å². The molecule has 1 aliphatic heterocycles. The molecule has 1 aromatic rings. The summed E-state index contributed by atoms with van der Waals surface area (Å²) in [6, 6.07) is 1.39. The topological polar surface area (TPSA) is 54.2 Å². The Bertz CT molecular complexity index is 368. The maximum atomic E-state index is 5.21. The quantitative estimate of drug-likeness (QED) is 0.829. The lowest BCUT2D eigenvalue weighted by Gasteiger charge is -2.23. The first-order chi connectivity index (χ1) is 8.31. The van der Waals surface area contributed by atoms with E-state index in [1.807, 2.05) is 6.92 Å². The molecule has 1 unspecified atom stereocenters. The van der Waals surface area contributed by atoms with E-state index in [-0.39, 0.29) is 0 Å². The average molecular weight is 236 g/mol.